The standard InChI is InChI=1S/C7H8O3S/c1-2-9-7(8)10-6-4-3-5-11-6/h3-5H,2H2,1H3. The van der Waals surface area contributed by atoms with E-state index in [4.69, 9.17) is 4.74 Å². The number of carbonyl (C=O) groups is 1. The molecule has 0 aliphatic carbocycles. The zero-order chi connectivity index (χ0) is 8.10. The van der Waals surface area contributed by atoms with E-state index in [1.54, 1.807) is 19.1 Å². The molecule has 0 saturated carbocycles. The lowest BCUT2D eigenvalue weighted by Gasteiger charge is -1.99. The predicted molar refractivity (Wildman–Crippen MR) is 42.0 cm³/mol. The Balaban J connectivity index is 2.37. The molecule has 0 amide bonds. The highest BCUT2D eigenvalue weighted by Crippen LogP contribution is 2.18. The molecule has 1 aromatic rings. The van der Waals surface area contributed by atoms with Crippen LogP contribution in [-0.2, 0) is 4.74 Å². The first kappa shape index (κ1) is 8.07. The maximum atomic E-state index is 10.7. The monoisotopic (exact) mass is 172 g/mol. The second-order valence-electron chi connectivity index (χ2n) is 1.72. The van der Waals surface area contributed by atoms with Gasteiger partial charge in [0.05, 0.1) is 6.61 Å². The van der Waals surface area contributed by atoms with Crippen LogP contribution in [0.25, 0.3) is 0 Å². The van der Waals surface area contributed by atoms with Gasteiger partial charge in [-0.25, -0.2) is 4.79 Å². The van der Waals surface area contributed by atoms with E-state index in [9.17, 15) is 4.79 Å². The van der Waals surface area contributed by atoms with Crippen molar-refractivity contribution in [1.82, 2.24) is 0 Å². The van der Waals surface area contributed by atoms with Crippen LogP contribution in [0.1, 0.15) is 6.92 Å². The number of thiophene rings is 1. The Morgan fingerprint density at radius 2 is 2.55 bits per heavy atom. The van der Waals surface area contributed by atoms with Gasteiger partial charge in [0, 0.05) is 0 Å². The van der Waals surface area contributed by atoms with Crippen molar-refractivity contribution in [3.63, 3.8) is 0 Å². The average molecular weight is 172 g/mol. The third-order valence-electron chi connectivity index (χ3n) is 0.941. The molecule has 0 unspecified atom stereocenters. The van der Waals surface area contributed by atoms with Crippen LogP contribution in [0.3, 0.4) is 0 Å². The molecule has 0 atom stereocenters. The van der Waals surface area contributed by atoms with E-state index in [-0.39, 0.29) is 0 Å². The highest BCUT2D eigenvalue weighted by atomic mass is 32.1. The first-order chi connectivity index (χ1) is 5.33. The minimum atomic E-state index is -0.644. The molecule has 60 valence electrons. The van der Waals surface area contributed by atoms with Gasteiger partial charge in [0.1, 0.15) is 0 Å². The Bertz CT molecular complexity index is 218. The average Bonchev–Trinajstić information content (AvgIpc) is 2.40. The normalized spacial score (nSPS) is 9.18. The Hall–Kier alpha value is -1.03. The molecule has 11 heavy (non-hydrogen) atoms. The first-order valence-electron chi connectivity index (χ1n) is 3.21. The van der Waals surface area contributed by atoms with E-state index < -0.39 is 6.16 Å². The number of rotatable bonds is 2. The molecule has 3 nitrogen and oxygen atoms in total. The molecule has 0 bridgehead atoms. The Labute approximate surface area is 68.6 Å². The quantitative estimate of drug-likeness (QED) is 0.642. The van der Waals surface area contributed by atoms with Crippen LogP contribution in [0.15, 0.2) is 17.5 Å². The van der Waals surface area contributed by atoms with Crippen LogP contribution in [0.2, 0.25) is 0 Å². The fourth-order valence-corrected chi connectivity index (χ4v) is 1.12. The van der Waals surface area contributed by atoms with Crippen LogP contribution >= 0.6 is 11.3 Å². The van der Waals surface area contributed by atoms with Crippen LogP contribution in [0.5, 0.6) is 5.06 Å². The number of carbonyl (C=O) groups excluding carboxylic acids is 1. The van der Waals surface area contributed by atoms with Crippen molar-refractivity contribution in [2.75, 3.05) is 6.61 Å². The summed E-state index contributed by atoms with van der Waals surface area (Å²) < 4.78 is 9.31. The summed E-state index contributed by atoms with van der Waals surface area (Å²) in [6, 6.07) is 3.51. The fourth-order valence-electron chi connectivity index (χ4n) is 0.551. The summed E-state index contributed by atoms with van der Waals surface area (Å²) in [6.07, 6.45) is -0.644. The van der Waals surface area contributed by atoms with Gasteiger partial charge < -0.3 is 9.47 Å². The molecule has 0 spiro atoms. The summed E-state index contributed by atoms with van der Waals surface area (Å²) in [5.41, 5.74) is 0. The molecule has 1 heterocycles. The molecular weight excluding hydrogens is 164 g/mol. The van der Waals surface area contributed by atoms with Crippen molar-refractivity contribution < 1.29 is 14.3 Å². The lowest BCUT2D eigenvalue weighted by molar-refractivity contribution is 0.105. The molecule has 4 heteroatoms. The lowest BCUT2D eigenvalue weighted by atomic mass is 10.7. The van der Waals surface area contributed by atoms with Crippen molar-refractivity contribution in [2.24, 2.45) is 0 Å². The Morgan fingerprint density at radius 3 is 3.09 bits per heavy atom. The van der Waals surface area contributed by atoms with Crippen LogP contribution in [-0.4, -0.2) is 12.8 Å². The van der Waals surface area contributed by atoms with E-state index in [0.717, 1.165) is 0 Å². The van der Waals surface area contributed by atoms with E-state index >= 15 is 0 Å². The van der Waals surface area contributed by atoms with Gasteiger partial charge in [-0.2, -0.15) is 0 Å². The highest BCUT2D eigenvalue weighted by molar-refractivity contribution is 7.11. The topological polar surface area (TPSA) is 35.5 Å². The van der Waals surface area contributed by atoms with Gasteiger partial charge in [0.25, 0.3) is 0 Å². The predicted octanol–water partition coefficient (Wildman–Crippen LogP) is 2.28. The minimum Gasteiger partial charge on any atom is -0.434 e. The first-order valence-corrected chi connectivity index (χ1v) is 4.09. The zero-order valence-electron chi connectivity index (χ0n) is 6.07. The molecule has 0 aliphatic heterocycles. The van der Waals surface area contributed by atoms with Crippen molar-refractivity contribution in [3.05, 3.63) is 17.5 Å². The van der Waals surface area contributed by atoms with E-state index in [1.165, 1.54) is 11.3 Å². The highest BCUT2D eigenvalue weighted by Gasteiger charge is 2.03. The lowest BCUT2D eigenvalue weighted by Crippen LogP contribution is -2.08. The van der Waals surface area contributed by atoms with E-state index in [0.29, 0.717) is 11.7 Å². The van der Waals surface area contributed by atoms with Crippen molar-refractivity contribution in [2.45, 2.75) is 6.92 Å². The Morgan fingerprint density at radius 1 is 1.73 bits per heavy atom. The maximum absolute atomic E-state index is 10.7. The molecule has 0 saturated heterocycles. The molecule has 0 radical (unpaired) electrons. The summed E-state index contributed by atoms with van der Waals surface area (Å²) in [5, 5.41) is 2.39. The molecule has 0 N–H and O–H groups in total. The third-order valence-corrected chi connectivity index (χ3v) is 1.69. The SMILES string of the molecule is CCOC(=O)Oc1cccs1. The summed E-state index contributed by atoms with van der Waals surface area (Å²) in [6.45, 7) is 2.07. The van der Waals surface area contributed by atoms with Crippen molar-refractivity contribution >= 4 is 17.5 Å². The summed E-state index contributed by atoms with van der Waals surface area (Å²) in [4.78, 5) is 10.7. The summed E-state index contributed by atoms with van der Waals surface area (Å²) in [5.74, 6) is 0. The second kappa shape index (κ2) is 3.98. The molecular formula is C7H8O3S. The number of hydrogen-bond acceptors (Lipinski definition) is 4. The van der Waals surface area contributed by atoms with Gasteiger partial charge >= 0.3 is 6.16 Å². The van der Waals surface area contributed by atoms with Gasteiger partial charge in [-0.1, -0.05) is 0 Å². The number of ether oxygens (including phenoxy) is 2. The summed E-state index contributed by atoms with van der Waals surface area (Å²) in [7, 11) is 0. The summed E-state index contributed by atoms with van der Waals surface area (Å²) >= 11 is 1.35. The van der Waals surface area contributed by atoms with E-state index in [1.807, 2.05) is 5.38 Å². The number of hydrogen-bond donors (Lipinski definition) is 0. The molecule has 0 aliphatic rings. The van der Waals surface area contributed by atoms with Gasteiger partial charge in [-0.05, 0) is 24.4 Å². The minimum absolute atomic E-state index is 0.338. The van der Waals surface area contributed by atoms with Gasteiger partial charge in [-0.15, -0.1) is 11.3 Å². The molecule has 1 aromatic heterocycles. The van der Waals surface area contributed by atoms with Gasteiger partial charge in [0.15, 0.2) is 5.06 Å². The largest absolute Gasteiger partial charge is 0.514 e. The molecule has 0 aromatic carbocycles. The third kappa shape index (κ3) is 2.59. The molecule has 1 rings (SSSR count). The van der Waals surface area contributed by atoms with Crippen LogP contribution in [0, 0.1) is 0 Å². The second-order valence-corrected chi connectivity index (χ2v) is 2.63. The Kier molecular flexibility index (Phi) is 2.92. The van der Waals surface area contributed by atoms with Crippen LogP contribution in [0.4, 0.5) is 4.79 Å². The fraction of sp³-hybridized carbons (Fsp3) is 0.286. The smallest absolute Gasteiger partial charge is 0.434 e. The van der Waals surface area contributed by atoms with Crippen LogP contribution < -0.4 is 4.74 Å². The van der Waals surface area contributed by atoms with Crippen molar-refractivity contribution in [1.29, 1.82) is 0 Å². The molecule has 0 fully saturated rings. The zero-order valence-corrected chi connectivity index (χ0v) is 6.89. The van der Waals surface area contributed by atoms with E-state index in [2.05, 4.69) is 4.74 Å². The van der Waals surface area contributed by atoms with Gasteiger partial charge in [0.2, 0.25) is 0 Å². The van der Waals surface area contributed by atoms with Gasteiger partial charge in [-0.3, -0.25) is 0 Å². The van der Waals surface area contributed by atoms with Crippen molar-refractivity contribution in [3.8, 4) is 5.06 Å². The maximum Gasteiger partial charge on any atom is 0.514 e.